The number of carboxylic acids is 1. The minimum atomic E-state index is -0.841. The monoisotopic (exact) mass is 231 g/mol. The third kappa shape index (κ3) is 2.06. The molecule has 2 aromatic rings. The smallest absolute Gasteiger partial charge is 0.310 e. The van der Waals surface area contributed by atoms with E-state index in [2.05, 4.69) is 4.98 Å². The van der Waals surface area contributed by atoms with Crippen molar-refractivity contribution in [2.24, 2.45) is 0 Å². The van der Waals surface area contributed by atoms with Gasteiger partial charge in [0.25, 0.3) is 0 Å². The van der Waals surface area contributed by atoms with E-state index in [0.717, 1.165) is 16.3 Å². The Morgan fingerprint density at radius 3 is 2.82 bits per heavy atom. The largest absolute Gasteiger partial charge is 0.481 e. The topological polar surface area (TPSA) is 59.4 Å². The van der Waals surface area contributed by atoms with Gasteiger partial charge in [-0.1, -0.05) is 12.1 Å². The summed E-state index contributed by atoms with van der Waals surface area (Å²) in [5.74, 6) is -0.863. The summed E-state index contributed by atoms with van der Waals surface area (Å²) in [5, 5.41) is 10.8. The van der Waals surface area contributed by atoms with Gasteiger partial charge in [-0.05, 0) is 30.0 Å². The first-order valence-corrected chi connectivity index (χ1v) is 5.29. The minimum absolute atomic E-state index is 0.516. The van der Waals surface area contributed by atoms with Crippen molar-refractivity contribution in [2.75, 3.05) is 7.11 Å². The first kappa shape index (κ1) is 11.4. The zero-order valence-corrected chi connectivity index (χ0v) is 9.68. The van der Waals surface area contributed by atoms with Gasteiger partial charge in [0.05, 0.1) is 13.0 Å². The number of rotatable bonds is 3. The molecular weight excluding hydrogens is 218 g/mol. The molecule has 0 saturated heterocycles. The number of hydrogen-bond acceptors (Lipinski definition) is 3. The molecule has 1 unspecified atom stereocenters. The highest BCUT2D eigenvalue weighted by atomic mass is 16.5. The predicted octanol–water partition coefficient (Wildman–Crippen LogP) is 2.43. The summed E-state index contributed by atoms with van der Waals surface area (Å²) in [7, 11) is 1.55. The van der Waals surface area contributed by atoms with E-state index < -0.39 is 11.9 Å². The van der Waals surface area contributed by atoms with Gasteiger partial charge in [-0.3, -0.25) is 4.79 Å². The van der Waals surface area contributed by atoms with Crippen LogP contribution in [0.1, 0.15) is 18.4 Å². The fourth-order valence-electron chi connectivity index (χ4n) is 1.73. The van der Waals surface area contributed by atoms with Gasteiger partial charge in [0.15, 0.2) is 0 Å². The Hall–Kier alpha value is -2.10. The average Bonchev–Trinajstić information content (AvgIpc) is 2.36. The van der Waals surface area contributed by atoms with Gasteiger partial charge in [-0.2, -0.15) is 0 Å². The molecule has 17 heavy (non-hydrogen) atoms. The molecule has 0 amide bonds. The number of hydrogen-bond donors (Lipinski definition) is 1. The molecule has 4 nitrogen and oxygen atoms in total. The van der Waals surface area contributed by atoms with E-state index in [1.54, 1.807) is 20.2 Å². The maximum absolute atomic E-state index is 10.9. The van der Waals surface area contributed by atoms with Crippen molar-refractivity contribution in [3.8, 4) is 5.88 Å². The first-order chi connectivity index (χ1) is 8.13. The third-order valence-electron chi connectivity index (χ3n) is 2.82. The van der Waals surface area contributed by atoms with Crippen molar-refractivity contribution >= 4 is 16.7 Å². The molecule has 0 aliphatic carbocycles. The SMILES string of the molecule is COc1nccc2ccc(C(C)C(=O)O)cc12. The standard InChI is InChI=1S/C13H13NO3/c1-8(13(15)16)10-4-3-9-5-6-14-12(17-2)11(9)7-10/h3-8H,1-2H3,(H,15,16). The molecule has 1 atom stereocenters. The Balaban J connectivity index is 2.59. The summed E-state index contributed by atoms with van der Waals surface area (Å²) in [4.78, 5) is 15.0. The van der Waals surface area contributed by atoms with Gasteiger partial charge in [0.2, 0.25) is 5.88 Å². The molecule has 1 heterocycles. The number of pyridine rings is 1. The second-order valence-electron chi connectivity index (χ2n) is 3.86. The second kappa shape index (κ2) is 4.41. The van der Waals surface area contributed by atoms with E-state index in [9.17, 15) is 4.79 Å². The maximum Gasteiger partial charge on any atom is 0.310 e. The molecule has 0 aliphatic heterocycles. The maximum atomic E-state index is 10.9. The average molecular weight is 231 g/mol. The van der Waals surface area contributed by atoms with Crippen molar-refractivity contribution in [2.45, 2.75) is 12.8 Å². The molecule has 0 fully saturated rings. The third-order valence-corrected chi connectivity index (χ3v) is 2.82. The second-order valence-corrected chi connectivity index (χ2v) is 3.86. The zero-order valence-electron chi connectivity index (χ0n) is 9.68. The van der Waals surface area contributed by atoms with Crippen LogP contribution in [0.4, 0.5) is 0 Å². The van der Waals surface area contributed by atoms with Crippen LogP contribution >= 0.6 is 0 Å². The van der Waals surface area contributed by atoms with E-state index in [0.29, 0.717) is 5.88 Å². The van der Waals surface area contributed by atoms with Crippen molar-refractivity contribution < 1.29 is 14.6 Å². The highest BCUT2D eigenvalue weighted by molar-refractivity contribution is 5.88. The highest BCUT2D eigenvalue weighted by Crippen LogP contribution is 2.27. The molecule has 1 aromatic heterocycles. The van der Waals surface area contributed by atoms with Gasteiger partial charge in [0, 0.05) is 11.6 Å². The summed E-state index contributed by atoms with van der Waals surface area (Å²) in [6, 6.07) is 7.39. The van der Waals surface area contributed by atoms with E-state index in [1.807, 2.05) is 24.3 Å². The molecule has 2 rings (SSSR count). The van der Waals surface area contributed by atoms with E-state index in [1.165, 1.54) is 0 Å². The van der Waals surface area contributed by atoms with Crippen LogP contribution in [0, 0.1) is 0 Å². The Morgan fingerprint density at radius 2 is 2.18 bits per heavy atom. The lowest BCUT2D eigenvalue weighted by atomic mass is 9.98. The Morgan fingerprint density at radius 1 is 1.41 bits per heavy atom. The van der Waals surface area contributed by atoms with Crippen molar-refractivity contribution in [1.29, 1.82) is 0 Å². The van der Waals surface area contributed by atoms with Crippen LogP contribution in [0.2, 0.25) is 0 Å². The summed E-state index contributed by atoms with van der Waals surface area (Å²) in [6.07, 6.45) is 1.67. The molecule has 0 bridgehead atoms. The van der Waals surface area contributed by atoms with Gasteiger partial charge in [-0.15, -0.1) is 0 Å². The fraction of sp³-hybridized carbons (Fsp3) is 0.231. The lowest BCUT2D eigenvalue weighted by Gasteiger charge is -2.09. The summed E-state index contributed by atoms with van der Waals surface area (Å²) in [6.45, 7) is 1.66. The lowest BCUT2D eigenvalue weighted by molar-refractivity contribution is -0.138. The number of benzene rings is 1. The van der Waals surface area contributed by atoms with Crippen LogP contribution < -0.4 is 4.74 Å². The van der Waals surface area contributed by atoms with E-state index in [4.69, 9.17) is 9.84 Å². The minimum Gasteiger partial charge on any atom is -0.481 e. The Labute approximate surface area is 98.9 Å². The molecule has 0 saturated carbocycles. The van der Waals surface area contributed by atoms with Crippen LogP contribution in [0.5, 0.6) is 5.88 Å². The zero-order chi connectivity index (χ0) is 12.4. The van der Waals surface area contributed by atoms with Crippen molar-refractivity contribution in [1.82, 2.24) is 4.98 Å². The molecule has 0 spiro atoms. The Kier molecular flexibility index (Phi) is 2.95. The molecule has 1 N–H and O–H groups in total. The summed E-state index contributed by atoms with van der Waals surface area (Å²) in [5.41, 5.74) is 0.747. The van der Waals surface area contributed by atoms with E-state index >= 15 is 0 Å². The number of nitrogens with zero attached hydrogens (tertiary/aromatic N) is 1. The van der Waals surface area contributed by atoms with Crippen molar-refractivity contribution in [3.05, 3.63) is 36.0 Å². The molecule has 0 radical (unpaired) electrons. The van der Waals surface area contributed by atoms with Crippen LogP contribution in [0.25, 0.3) is 10.8 Å². The van der Waals surface area contributed by atoms with Gasteiger partial charge < -0.3 is 9.84 Å². The van der Waals surface area contributed by atoms with Crippen LogP contribution in [0.15, 0.2) is 30.5 Å². The molecule has 88 valence electrons. The quantitative estimate of drug-likeness (QED) is 0.881. The normalized spacial score (nSPS) is 12.4. The van der Waals surface area contributed by atoms with Crippen molar-refractivity contribution in [3.63, 3.8) is 0 Å². The summed E-state index contributed by atoms with van der Waals surface area (Å²) < 4.78 is 5.16. The number of aliphatic carboxylic acids is 1. The number of methoxy groups -OCH3 is 1. The first-order valence-electron chi connectivity index (χ1n) is 5.29. The number of fused-ring (bicyclic) bond motifs is 1. The van der Waals surface area contributed by atoms with Gasteiger partial charge in [-0.25, -0.2) is 4.98 Å². The number of carbonyl (C=O) groups is 1. The number of ether oxygens (including phenoxy) is 1. The molecule has 1 aromatic carbocycles. The van der Waals surface area contributed by atoms with Crippen LogP contribution in [0.3, 0.4) is 0 Å². The molecule has 0 aliphatic rings. The van der Waals surface area contributed by atoms with Gasteiger partial charge in [0.1, 0.15) is 0 Å². The van der Waals surface area contributed by atoms with Crippen LogP contribution in [-0.2, 0) is 4.79 Å². The number of aromatic nitrogens is 1. The van der Waals surface area contributed by atoms with E-state index in [-0.39, 0.29) is 0 Å². The Bertz CT molecular complexity index is 566. The number of carboxylic acid groups (broad SMARTS) is 1. The van der Waals surface area contributed by atoms with Crippen LogP contribution in [-0.4, -0.2) is 23.2 Å². The fourth-order valence-corrected chi connectivity index (χ4v) is 1.73. The summed E-state index contributed by atoms with van der Waals surface area (Å²) >= 11 is 0. The lowest BCUT2D eigenvalue weighted by Crippen LogP contribution is -2.07. The molecule has 4 heteroatoms. The molecular formula is C13H13NO3. The predicted molar refractivity (Wildman–Crippen MR) is 64.3 cm³/mol. The van der Waals surface area contributed by atoms with Gasteiger partial charge >= 0.3 is 5.97 Å². The highest BCUT2D eigenvalue weighted by Gasteiger charge is 2.14.